The maximum atomic E-state index is 13.3. The zero-order chi connectivity index (χ0) is 32.6. The lowest BCUT2D eigenvalue weighted by atomic mass is 9.79. The van der Waals surface area contributed by atoms with E-state index in [1.54, 1.807) is 18.2 Å². The van der Waals surface area contributed by atoms with Gasteiger partial charge < -0.3 is 9.64 Å². The molecule has 1 heterocycles. The minimum absolute atomic E-state index is 0.0379. The molecule has 45 heavy (non-hydrogen) atoms. The molecule has 0 aromatic heterocycles. The number of anilines is 1. The molecule has 3 aromatic rings. The van der Waals surface area contributed by atoms with Crippen molar-refractivity contribution < 1.29 is 26.4 Å². The van der Waals surface area contributed by atoms with Crippen molar-refractivity contribution in [2.24, 2.45) is 5.92 Å². The molecule has 2 aliphatic rings. The van der Waals surface area contributed by atoms with E-state index in [-0.39, 0.29) is 28.2 Å². The SMILES string of the molecule is CCCc1cc(Cl)ccc1[C@]1(C)COc2ccc(S(=O)(=O)NC(=O)Cc3cccc(S(=O)(=O)N[C@@H]4CC[C@H]4C)c3)cc2N(C)C1. The van der Waals surface area contributed by atoms with E-state index in [0.717, 1.165) is 36.8 Å². The van der Waals surface area contributed by atoms with Crippen LogP contribution < -0.4 is 19.1 Å². The van der Waals surface area contributed by atoms with E-state index < -0.39 is 31.4 Å². The van der Waals surface area contributed by atoms with E-state index in [9.17, 15) is 21.6 Å². The molecule has 0 radical (unpaired) electrons. The largest absolute Gasteiger partial charge is 0.490 e. The second kappa shape index (κ2) is 12.9. The van der Waals surface area contributed by atoms with Crippen LogP contribution in [-0.2, 0) is 43.1 Å². The number of benzene rings is 3. The summed E-state index contributed by atoms with van der Waals surface area (Å²) in [6, 6.07) is 16.3. The molecule has 12 heteroatoms. The fraction of sp³-hybridized carbons (Fsp3) is 0.424. The first kappa shape index (κ1) is 33.2. The fourth-order valence-electron chi connectivity index (χ4n) is 6.13. The van der Waals surface area contributed by atoms with Crippen LogP contribution in [0.25, 0.3) is 0 Å². The Balaban J connectivity index is 1.30. The molecule has 2 N–H and O–H groups in total. The van der Waals surface area contributed by atoms with Gasteiger partial charge in [0, 0.05) is 30.1 Å². The first-order chi connectivity index (χ1) is 21.2. The number of halogens is 1. The summed E-state index contributed by atoms with van der Waals surface area (Å²) in [5.41, 5.74) is 2.87. The Labute approximate surface area is 271 Å². The topological polar surface area (TPSA) is 122 Å². The van der Waals surface area contributed by atoms with Crippen LogP contribution in [0.15, 0.2) is 70.5 Å². The Morgan fingerprint density at radius 2 is 1.78 bits per heavy atom. The van der Waals surface area contributed by atoms with Gasteiger partial charge in [-0.25, -0.2) is 26.3 Å². The van der Waals surface area contributed by atoms with Crippen molar-refractivity contribution in [1.82, 2.24) is 9.44 Å². The van der Waals surface area contributed by atoms with E-state index in [0.29, 0.717) is 35.2 Å². The summed E-state index contributed by atoms with van der Waals surface area (Å²) in [4.78, 5) is 14.8. The van der Waals surface area contributed by atoms with Crippen LogP contribution in [0.3, 0.4) is 0 Å². The molecule has 0 saturated heterocycles. The van der Waals surface area contributed by atoms with Gasteiger partial charge in [-0.2, -0.15) is 0 Å². The van der Waals surface area contributed by atoms with Crippen LogP contribution in [0.1, 0.15) is 56.7 Å². The molecular formula is C33H40ClN3O6S2. The second-order valence-corrected chi connectivity index (χ2v) is 16.4. The Hall–Kier alpha value is -3.12. The Morgan fingerprint density at radius 3 is 2.47 bits per heavy atom. The normalized spacial score (nSPS) is 21.7. The van der Waals surface area contributed by atoms with Crippen LogP contribution in [-0.4, -0.2) is 49.0 Å². The molecule has 1 aliphatic heterocycles. The Kier molecular flexibility index (Phi) is 9.56. The molecule has 0 bridgehead atoms. The lowest BCUT2D eigenvalue weighted by Crippen LogP contribution is -2.45. The lowest BCUT2D eigenvalue weighted by Gasteiger charge is -2.34. The fourth-order valence-corrected chi connectivity index (χ4v) is 8.78. The number of rotatable bonds is 10. The zero-order valence-electron chi connectivity index (χ0n) is 26.0. The number of sulfonamides is 2. The van der Waals surface area contributed by atoms with Gasteiger partial charge in [0.2, 0.25) is 15.9 Å². The molecule has 9 nitrogen and oxygen atoms in total. The summed E-state index contributed by atoms with van der Waals surface area (Å²) in [5.74, 6) is 0.0359. The third kappa shape index (κ3) is 7.32. The number of fused-ring (bicyclic) bond motifs is 1. The highest BCUT2D eigenvalue weighted by Crippen LogP contribution is 2.39. The average molecular weight is 674 g/mol. The van der Waals surface area contributed by atoms with Gasteiger partial charge in [0.05, 0.1) is 28.5 Å². The van der Waals surface area contributed by atoms with Crippen molar-refractivity contribution in [1.29, 1.82) is 0 Å². The van der Waals surface area contributed by atoms with Crippen LogP contribution in [0.5, 0.6) is 5.75 Å². The average Bonchev–Trinajstić information content (AvgIpc) is 3.10. The number of amides is 1. The minimum atomic E-state index is -4.23. The van der Waals surface area contributed by atoms with Crippen LogP contribution >= 0.6 is 11.6 Å². The van der Waals surface area contributed by atoms with Crippen molar-refractivity contribution in [3.63, 3.8) is 0 Å². The molecular weight excluding hydrogens is 634 g/mol. The van der Waals surface area contributed by atoms with Gasteiger partial charge in [-0.3, -0.25) is 4.79 Å². The number of likely N-dealkylation sites (N-methyl/N-ethyl adjacent to an activating group) is 1. The summed E-state index contributed by atoms with van der Waals surface area (Å²) >= 11 is 6.31. The molecule has 5 rings (SSSR count). The van der Waals surface area contributed by atoms with E-state index in [4.69, 9.17) is 16.3 Å². The highest BCUT2D eigenvalue weighted by Gasteiger charge is 2.36. The summed E-state index contributed by atoms with van der Waals surface area (Å²) in [7, 11) is -6.11. The van der Waals surface area contributed by atoms with E-state index >= 15 is 0 Å². The number of ether oxygens (including phenoxy) is 1. The molecule has 0 spiro atoms. The first-order valence-electron chi connectivity index (χ1n) is 15.1. The van der Waals surface area contributed by atoms with Gasteiger partial charge in [-0.1, -0.05) is 57.0 Å². The molecule has 1 aliphatic carbocycles. The summed E-state index contributed by atoms with van der Waals surface area (Å²) in [6.07, 6.45) is 3.29. The lowest BCUT2D eigenvalue weighted by molar-refractivity contribution is -0.118. The molecule has 1 amide bonds. The van der Waals surface area contributed by atoms with Crippen molar-refractivity contribution in [2.75, 3.05) is 25.1 Å². The number of hydrogen-bond donors (Lipinski definition) is 2. The van der Waals surface area contributed by atoms with Crippen molar-refractivity contribution in [3.05, 3.63) is 82.4 Å². The zero-order valence-corrected chi connectivity index (χ0v) is 28.4. The Morgan fingerprint density at radius 1 is 1.02 bits per heavy atom. The maximum Gasteiger partial charge on any atom is 0.264 e. The number of carbonyl (C=O) groups is 1. The van der Waals surface area contributed by atoms with Crippen LogP contribution in [0.4, 0.5) is 5.69 Å². The summed E-state index contributed by atoms with van der Waals surface area (Å²) in [6.45, 7) is 7.18. The molecule has 3 atom stereocenters. The molecule has 242 valence electrons. The van der Waals surface area contributed by atoms with Gasteiger partial charge in [0.15, 0.2) is 0 Å². The quantitative estimate of drug-likeness (QED) is 0.303. The van der Waals surface area contributed by atoms with Gasteiger partial charge in [-0.05, 0) is 84.3 Å². The van der Waals surface area contributed by atoms with Crippen molar-refractivity contribution in [2.45, 2.75) is 74.1 Å². The monoisotopic (exact) mass is 673 g/mol. The predicted molar refractivity (Wildman–Crippen MR) is 176 cm³/mol. The molecule has 0 unspecified atom stereocenters. The first-order valence-corrected chi connectivity index (χ1v) is 18.5. The predicted octanol–water partition coefficient (Wildman–Crippen LogP) is 5.20. The minimum Gasteiger partial charge on any atom is -0.490 e. The van der Waals surface area contributed by atoms with E-state index in [1.807, 2.05) is 37.1 Å². The maximum absolute atomic E-state index is 13.3. The van der Waals surface area contributed by atoms with Gasteiger partial charge in [0.1, 0.15) is 5.75 Å². The smallest absolute Gasteiger partial charge is 0.264 e. The van der Waals surface area contributed by atoms with Gasteiger partial charge in [-0.15, -0.1) is 0 Å². The number of nitrogens with one attached hydrogen (secondary N) is 2. The second-order valence-electron chi connectivity index (χ2n) is 12.5. The third-order valence-corrected chi connectivity index (χ3v) is 11.9. The number of aryl methyl sites for hydroxylation is 1. The summed E-state index contributed by atoms with van der Waals surface area (Å²) < 4.78 is 63.4. The molecule has 1 fully saturated rings. The third-order valence-electron chi connectivity index (χ3n) is 8.77. The summed E-state index contributed by atoms with van der Waals surface area (Å²) in [5, 5.41) is 0.683. The Bertz CT molecular complexity index is 1810. The van der Waals surface area contributed by atoms with Crippen molar-refractivity contribution in [3.8, 4) is 5.75 Å². The molecule has 1 saturated carbocycles. The number of hydrogen-bond acceptors (Lipinski definition) is 7. The highest BCUT2D eigenvalue weighted by atomic mass is 35.5. The van der Waals surface area contributed by atoms with Crippen LogP contribution in [0.2, 0.25) is 5.02 Å². The van der Waals surface area contributed by atoms with E-state index in [1.165, 1.54) is 24.3 Å². The molecule has 3 aromatic carbocycles. The van der Waals surface area contributed by atoms with Gasteiger partial charge >= 0.3 is 0 Å². The number of nitrogens with zero attached hydrogens (tertiary/aromatic N) is 1. The van der Waals surface area contributed by atoms with Gasteiger partial charge in [0.25, 0.3) is 10.0 Å². The number of carbonyl (C=O) groups excluding carboxylic acids is 1. The van der Waals surface area contributed by atoms with Crippen molar-refractivity contribution >= 4 is 43.2 Å². The standard InChI is InChI=1S/C33H40ClN3O6S2/c1-5-7-24-18-25(34)11-13-28(24)33(3)20-37(4)30-19-27(12-15-31(30)43-21-33)45(41,42)36-32(38)17-23-8-6-9-26(16-23)44(39,40)35-29-14-10-22(29)2/h6,8-9,11-13,15-16,18-19,22,29,35H,5,7,10,14,17,20-21H2,1-4H3,(H,36,38)/t22-,29-,33+/m1/s1. The highest BCUT2D eigenvalue weighted by molar-refractivity contribution is 7.90. The van der Waals surface area contributed by atoms with Crippen LogP contribution in [0, 0.1) is 5.92 Å². The van der Waals surface area contributed by atoms with E-state index in [2.05, 4.69) is 23.3 Å².